The molecule has 216 valence electrons. The third-order valence-electron chi connectivity index (χ3n) is 5.80. The second-order valence-electron chi connectivity index (χ2n) is 9.54. The number of phenolic OH excluding ortho intramolecular Hbond substituents is 1. The first kappa shape index (κ1) is 31.9. The fourth-order valence-electron chi connectivity index (χ4n) is 3.41. The molecule has 0 bridgehead atoms. The fourth-order valence-corrected chi connectivity index (χ4v) is 4.01. The molecule has 0 unspecified atom stereocenters. The van der Waals surface area contributed by atoms with Gasteiger partial charge in [0.05, 0.1) is 13.2 Å². The number of nitrogens with one attached hydrogen (secondary N) is 4. The molecule has 3 amide bonds. The molecule has 0 saturated carbocycles. The predicted molar refractivity (Wildman–Crippen MR) is 146 cm³/mol. The number of rotatable bonds is 15. The lowest BCUT2D eigenvalue weighted by Gasteiger charge is -2.29. The lowest BCUT2D eigenvalue weighted by molar-refractivity contribution is -0.155. The summed E-state index contributed by atoms with van der Waals surface area (Å²) in [4.78, 5) is 51.0. The maximum Gasteiger partial charge on any atom is 0.325 e. The molecule has 0 spiro atoms. The number of benzene rings is 1. The van der Waals surface area contributed by atoms with Crippen molar-refractivity contribution in [3.63, 3.8) is 0 Å². The second-order valence-corrected chi connectivity index (χ2v) is 10.6. The van der Waals surface area contributed by atoms with Gasteiger partial charge in [-0.3, -0.25) is 19.2 Å². The SMILES string of the molecule is CC(C)(COC(=O)[C@@H](N)CO)[C@@H](O)C(=O)NCCC(=O)NCCSC(=O)NCCc1c[nH]c2ccc(O)cc12. The standard InChI is InChI=1S/C25H37N5O8S/c1-25(2,14-38-23(36)18(26)13-31)21(34)22(35)28-8-6-20(33)27-9-10-39-24(37)29-7-5-15-12-30-19-4-3-16(32)11-17(15)19/h3-4,11-12,18,21,30-32,34H,5-10,13-14,26H2,1-2H3,(H,27,33)(H,28,35)(H,29,37)/t18-,21-/m0/s1. The number of carbonyl (C=O) groups is 4. The van der Waals surface area contributed by atoms with Gasteiger partial charge in [-0.05, 0) is 30.2 Å². The molecule has 9 N–H and O–H groups in total. The van der Waals surface area contributed by atoms with Crippen LogP contribution in [-0.4, -0.2) is 94.1 Å². The van der Waals surface area contributed by atoms with Gasteiger partial charge < -0.3 is 46.7 Å². The number of nitrogens with two attached hydrogens (primary N) is 1. The number of esters is 1. The molecule has 0 fully saturated rings. The van der Waals surface area contributed by atoms with Crippen molar-refractivity contribution in [1.82, 2.24) is 20.9 Å². The predicted octanol–water partition coefficient (Wildman–Crippen LogP) is -0.269. The lowest BCUT2D eigenvalue weighted by Crippen LogP contribution is -2.47. The normalized spacial score (nSPS) is 12.9. The summed E-state index contributed by atoms with van der Waals surface area (Å²) in [5.74, 6) is -1.38. The minimum Gasteiger partial charge on any atom is -0.508 e. The first-order valence-corrected chi connectivity index (χ1v) is 13.4. The van der Waals surface area contributed by atoms with E-state index in [1.807, 2.05) is 6.20 Å². The molecule has 14 heteroatoms. The summed E-state index contributed by atoms with van der Waals surface area (Å²) in [5, 5.41) is 37.4. The summed E-state index contributed by atoms with van der Waals surface area (Å²) in [6, 6.07) is 3.86. The number of phenols is 1. The highest BCUT2D eigenvalue weighted by molar-refractivity contribution is 8.13. The Labute approximate surface area is 230 Å². The quantitative estimate of drug-likeness (QED) is 0.104. The van der Waals surface area contributed by atoms with Crippen LogP contribution in [0.3, 0.4) is 0 Å². The number of hydrogen-bond donors (Lipinski definition) is 8. The Kier molecular flexibility index (Phi) is 12.5. The summed E-state index contributed by atoms with van der Waals surface area (Å²) in [5.41, 5.74) is 6.11. The molecular formula is C25H37N5O8S. The number of aromatic hydroxyl groups is 1. The maximum atomic E-state index is 12.2. The van der Waals surface area contributed by atoms with E-state index in [2.05, 4.69) is 20.9 Å². The van der Waals surface area contributed by atoms with Crippen molar-refractivity contribution in [3.05, 3.63) is 30.0 Å². The third kappa shape index (κ3) is 10.4. The van der Waals surface area contributed by atoms with Crippen LogP contribution in [0.25, 0.3) is 10.9 Å². The van der Waals surface area contributed by atoms with E-state index in [9.17, 15) is 29.4 Å². The monoisotopic (exact) mass is 567 g/mol. The number of H-pyrrole nitrogens is 1. The summed E-state index contributed by atoms with van der Waals surface area (Å²) < 4.78 is 4.93. The molecule has 2 aromatic rings. The van der Waals surface area contributed by atoms with Gasteiger partial charge in [0.15, 0.2) is 0 Å². The smallest absolute Gasteiger partial charge is 0.325 e. The van der Waals surface area contributed by atoms with Gasteiger partial charge in [0.25, 0.3) is 5.24 Å². The number of amides is 3. The van der Waals surface area contributed by atoms with Crippen LogP contribution < -0.4 is 21.7 Å². The zero-order valence-corrected chi connectivity index (χ0v) is 22.8. The Bertz CT molecular complexity index is 1140. The molecule has 13 nitrogen and oxygen atoms in total. The fraction of sp³-hybridized carbons (Fsp3) is 0.520. The Morgan fingerprint density at radius 2 is 1.87 bits per heavy atom. The molecule has 0 aliphatic rings. The highest BCUT2D eigenvalue weighted by Gasteiger charge is 2.35. The van der Waals surface area contributed by atoms with Crippen LogP contribution in [0.4, 0.5) is 4.79 Å². The third-order valence-corrected chi connectivity index (χ3v) is 6.61. The van der Waals surface area contributed by atoms with E-state index in [0.717, 1.165) is 28.2 Å². The lowest BCUT2D eigenvalue weighted by atomic mass is 9.87. The van der Waals surface area contributed by atoms with Crippen molar-refractivity contribution in [3.8, 4) is 5.75 Å². The zero-order chi connectivity index (χ0) is 29.0. The first-order valence-electron chi connectivity index (χ1n) is 12.4. The second kappa shape index (κ2) is 15.3. The number of thioether (sulfide) groups is 1. The van der Waals surface area contributed by atoms with Gasteiger partial charge in [0.1, 0.15) is 17.9 Å². The Balaban J connectivity index is 1.57. The summed E-state index contributed by atoms with van der Waals surface area (Å²) in [6.45, 7) is 2.80. The molecule has 0 aliphatic carbocycles. The highest BCUT2D eigenvalue weighted by atomic mass is 32.2. The van der Waals surface area contributed by atoms with Gasteiger partial charge in [0.2, 0.25) is 11.8 Å². The number of aliphatic hydroxyl groups is 2. The molecular weight excluding hydrogens is 530 g/mol. The molecule has 0 aliphatic heterocycles. The van der Waals surface area contributed by atoms with Crippen molar-refractivity contribution < 1.29 is 39.2 Å². The Morgan fingerprint density at radius 3 is 2.59 bits per heavy atom. The van der Waals surface area contributed by atoms with Crippen LogP contribution in [0.5, 0.6) is 5.75 Å². The molecule has 39 heavy (non-hydrogen) atoms. The number of ether oxygens (including phenoxy) is 1. The Hall–Kier alpha value is -3.33. The topological polar surface area (TPSA) is 216 Å². The molecule has 0 saturated heterocycles. The number of carbonyl (C=O) groups excluding carboxylic acids is 4. The van der Waals surface area contributed by atoms with E-state index < -0.39 is 36.0 Å². The van der Waals surface area contributed by atoms with Gasteiger partial charge in [-0.2, -0.15) is 0 Å². The van der Waals surface area contributed by atoms with Gasteiger partial charge in [0, 0.05) is 54.3 Å². The van der Waals surface area contributed by atoms with Gasteiger partial charge in [-0.15, -0.1) is 0 Å². The number of aromatic amines is 1. The van der Waals surface area contributed by atoms with Crippen LogP contribution in [0.1, 0.15) is 25.8 Å². The molecule has 1 aromatic heterocycles. The minimum atomic E-state index is -1.52. The molecule has 2 rings (SSSR count). The van der Waals surface area contributed by atoms with Gasteiger partial charge in [-0.25, -0.2) is 0 Å². The number of aliphatic hydroxyl groups excluding tert-OH is 2. The van der Waals surface area contributed by atoms with E-state index in [1.165, 1.54) is 13.8 Å². The van der Waals surface area contributed by atoms with Crippen molar-refractivity contribution in [2.45, 2.75) is 38.8 Å². The van der Waals surface area contributed by atoms with Crippen LogP contribution in [0.15, 0.2) is 24.4 Å². The highest BCUT2D eigenvalue weighted by Crippen LogP contribution is 2.23. The Morgan fingerprint density at radius 1 is 1.13 bits per heavy atom. The van der Waals surface area contributed by atoms with Crippen LogP contribution in [-0.2, 0) is 25.5 Å². The first-order chi connectivity index (χ1) is 18.4. The van der Waals surface area contributed by atoms with E-state index in [4.69, 9.17) is 15.6 Å². The van der Waals surface area contributed by atoms with Crippen molar-refractivity contribution >= 4 is 45.7 Å². The van der Waals surface area contributed by atoms with Crippen molar-refractivity contribution in [2.24, 2.45) is 11.1 Å². The number of hydrogen-bond acceptors (Lipinski definition) is 10. The number of aromatic nitrogens is 1. The van der Waals surface area contributed by atoms with E-state index >= 15 is 0 Å². The van der Waals surface area contributed by atoms with E-state index in [0.29, 0.717) is 18.7 Å². The maximum absolute atomic E-state index is 12.2. The molecule has 1 aromatic carbocycles. The number of fused-ring (bicyclic) bond motifs is 1. The average molecular weight is 568 g/mol. The zero-order valence-electron chi connectivity index (χ0n) is 22.0. The summed E-state index contributed by atoms with van der Waals surface area (Å²) in [7, 11) is 0. The van der Waals surface area contributed by atoms with Crippen molar-refractivity contribution in [2.75, 3.05) is 38.6 Å². The van der Waals surface area contributed by atoms with E-state index in [1.54, 1.807) is 18.2 Å². The average Bonchev–Trinajstić information content (AvgIpc) is 3.30. The van der Waals surface area contributed by atoms with E-state index in [-0.39, 0.29) is 43.0 Å². The summed E-state index contributed by atoms with van der Waals surface area (Å²) >= 11 is 1.03. The minimum absolute atomic E-state index is 0.0216. The molecule has 2 atom stereocenters. The van der Waals surface area contributed by atoms with Gasteiger partial charge in [-0.1, -0.05) is 25.6 Å². The molecule has 1 heterocycles. The van der Waals surface area contributed by atoms with Gasteiger partial charge >= 0.3 is 5.97 Å². The van der Waals surface area contributed by atoms with Crippen LogP contribution in [0, 0.1) is 5.41 Å². The van der Waals surface area contributed by atoms with Crippen LogP contribution in [0.2, 0.25) is 0 Å². The van der Waals surface area contributed by atoms with Crippen molar-refractivity contribution in [1.29, 1.82) is 0 Å². The van der Waals surface area contributed by atoms with Crippen LogP contribution >= 0.6 is 11.8 Å². The molecule has 0 radical (unpaired) electrons. The largest absolute Gasteiger partial charge is 0.508 e. The summed E-state index contributed by atoms with van der Waals surface area (Å²) in [6.07, 6.45) is 0.886.